The van der Waals surface area contributed by atoms with Crippen LogP contribution in [0.15, 0.2) is 24.3 Å². The minimum Gasteiger partial charge on any atom is -0.356 e. The molecule has 1 heterocycles. The third-order valence-corrected chi connectivity index (χ3v) is 6.13. The van der Waals surface area contributed by atoms with E-state index in [1.165, 1.54) is 0 Å². The molecule has 7 heteroatoms. The molecule has 0 aliphatic carbocycles. The van der Waals surface area contributed by atoms with Crippen molar-refractivity contribution in [2.45, 2.75) is 25.3 Å². The van der Waals surface area contributed by atoms with Gasteiger partial charge in [-0.2, -0.15) is 0 Å². The number of hydrogen-bond acceptors (Lipinski definition) is 4. The lowest BCUT2D eigenvalue weighted by atomic mass is 10.1. The Morgan fingerprint density at radius 3 is 2.87 bits per heavy atom. The number of halogens is 1. The second-order valence-corrected chi connectivity index (χ2v) is 8.68. The number of hydrogen-bond donors (Lipinski definition) is 1. The van der Waals surface area contributed by atoms with Crippen LogP contribution in [-0.4, -0.2) is 56.9 Å². The van der Waals surface area contributed by atoms with Gasteiger partial charge in [0.25, 0.3) is 0 Å². The highest BCUT2D eigenvalue weighted by molar-refractivity contribution is 7.91. The summed E-state index contributed by atoms with van der Waals surface area (Å²) >= 11 is 5.92. The summed E-state index contributed by atoms with van der Waals surface area (Å²) in [6.45, 7) is 1.14. The highest BCUT2D eigenvalue weighted by atomic mass is 35.5. The summed E-state index contributed by atoms with van der Waals surface area (Å²) in [5, 5.41) is 3.58. The van der Waals surface area contributed by atoms with Crippen LogP contribution in [0.5, 0.6) is 0 Å². The van der Waals surface area contributed by atoms with E-state index in [4.69, 9.17) is 11.6 Å². The molecule has 0 saturated carbocycles. The van der Waals surface area contributed by atoms with E-state index in [1.54, 1.807) is 0 Å². The van der Waals surface area contributed by atoms with Crippen LogP contribution in [0.1, 0.15) is 18.4 Å². The Morgan fingerprint density at radius 1 is 1.43 bits per heavy atom. The van der Waals surface area contributed by atoms with Gasteiger partial charge in [-0.05, 0) is 37.6 Å². The zero-order chi connectivity index (χ0) is 16.9. The molecular weight excluding hydrogens is 336 g/mol. The standard InChI is InChI=1S/C16H23ClN2O3S/c1-19(15-7-10-23(21,22)12-15)9-6-16(20)18-8-5-13-3-2-4-14(17)11-13/h2-4,11,15H,5-10,12H2,1H3,(H,18,20)/t15-/m1/s1. The number of carbonyl (C=O) groups excluding carboxylic acids is 1. The van der Waals surface area contributed by atoms with Crippen molar-refractivity contribution in [1.82, 2.24) is 10.2 Å². The molecule has 0 bridgehead atoms. The van der Waals surface area contributed by atoms with E-state index in [-0.39, 0.29) is 23.5 Å². The van der Waals surface area contributed by atoms with Gasteiger partial charge in [-0.25, -0.2) is 8.42 Å². The van der Waals surface area contributed by atoms with E-state index in [9.17, 15) is 13.2 Å². The average molecular weight is 359 g/mol. The molecule has 0 aromatic heterocycles. The molecular formula is C16H23ClN2O3S. The first-order valence-corrected chi connectivity index (χ1v) is 9.97. The number of benzene rings is 1. The maximum absolute atomic E-state index is 11.9. The van der Waals surface area contributed by atoms with Gasteiger partial charge in [-0.3, -0.25) is 4.79 Å². The molecule has 1 aromatic rings. The normalized spacial score (nSPS) is 19.9. The fourth-order valence-electron chi connectivity index (χ4n) is 2.71. The summed E-state index contributed by atoms with van der Waals surface area (Å²) in [7, 11) is -1.00. The van der Waals surface area contributed by atoms with Crippen molar-refractivity contribution in [1.29, 1.82) is 0 Å². The van der Waals surface area contributed by atoms with Crippen molar-refractivity contribution in [3.63, 3.8) is 0 Å². The predicted molar refractivity (Wildman–Crippen MR) is 92.5 cm³/mol. The monoisotopic (exact) mass is 358 g/mol. The molecule has 1 aliphatic heterocycles. The first kappa shape index (κ1) is 18.2. The lowest BCUT2D eigenvalue weighted by Crippen LogP contribution is -2.36. The zero-order valence-corrected chi connectivity index (χ0v) is 14.9. The SMILES string of the molecule is CN(CCC(=O)NCCc1cccc(Cl)c1)[C@@H]1CCS(=O)(=O)C1. The Balaban J connectivity index is 1.65. The van der Waals surface area contributed by atoms with Gasteiger partial charge < -0.3 is 10.2 Å². The Labute approximate surface area is 142 Å². The summed E-state index contributed by atoms with van der Waals surface area (Å²) in [5.74, 6) is 0.452. The summed E-state index contributed by atoms with van der Waals surface area (Å²) in [6.07, 6.45) is 1.78. The highest BCUT2D eigenvalue weighted by Gasteiger charge is 2.30. The van der Waals surface area contributed by atoms with Gasteiger partial charge in [0, 0.05) is 30.6 Å². The molecule has 1 amide bonds. The minimum absolute atomic E-state index is 0.0141. The van der Waals surface area contributed by atoms with Crippen LogP contribution in [0.2, 0.25) is 5.02 Å². The van der Waals surface area contributed by atoms with Crippen LogP contribution in [0.25, 0.3) is 0 Å². The smallest absolute Gasteiger partial charge is 0.221 e. The third-order valence-electron chi connectivity index (χ3n) is 4.15. The molecule has 1 saturated heterocycles. The molecule has 23 heavy (non-hydrogen) atoms. The van der Waals surface area contributed by atoms with Gasteiger partial charge >= 0.3 is 0 Å². The van der Waals surface area contributed by atoms with E-state index in [0.29, 0.717) is 31.0 Å². The molecule has 0 spiro atoms. The second-order valence-electron chi connectivity index (χ2n) is 6.02. The van der Waals surface area contributed by atoms with Crippen molar-refractivity contribution < 1.29 is 13.2 Å². The molecule has 1 fully saturated rings. The molecule has 1 N–H and O–H groups in total. The highest BCUT2D eigenvalue weighted by Crippen LogP contribution is 2.16. The number of rotatable bonds is 7. The Hall–Kier alpha value is -1.11. The lowest BCUT2D eigenvalue weighted by Gasteiger charge is -2.22. The molecule has 1 aliphatic rings. The number of amides is 1. The summed E-state index contributed by atoms with van der Waals surface area (Å²) in [4.78, 5) is 13.8. The molecule has 0 radical (unpaired) electrons. The fourth-order valence-corrected chi connectivity index (χ4v) is 4.73. The zero-order valence-electron chi connectivity index (χ0n) is 13.3. The predicted octanol–water partition coefficient (Wildman–Crippen LogP) is 1.51. The van der Waals surface area contributed by atoms with Crippen molar-refractivity contribution in [3.05, 3.63) is 34.9 Å². The van der Waals surface area contributed by atoms with E-state index in [2.05, 4.69) is 5.32 Å². The molecule has 128 valence electrons. The Morgan fingerprint density at radius 2 is 2.22 bits per heavy atom. The van der Waals surface area contributed by atoms with Crippen LogP contribution in [0.3, 0.4) is 0 Å². The summed E-state index contributed by atoms with van der Waals surface area (Å²) in [6, 6.07) is 7.63. The van der Waals surface area contributed by atoms with Crippen LogP contribution in [0.4, 0.5) is 0 Å². The first-order valence-electron chi connectivity index (χ1n) is 7.77. The molecule has 2 rings (SSSR count). The molecule has 1 aromatic carbocycles. The maximum atomic E-state index is 11.9. The summed E-state index contributed by atoms with van der Waals surface area (Å²) in [5.41, 5.74) is 1.09. The Bertz CT molecular complexity index is 648. The second kappa shape index (κ2) is 8.13. The van der Waals surface area contributed by atoms with Gasteiger partial charge in [0.15, 0.2) is 9.84 Å². The summed E-state index contributed by atoms with van der Waals surface area (Å²) < 4.78 is 22.9. The van der Waals surface area contributed by atoms with Crippen LogP contribution >= 0.6 is 11.6 Å². The number of nitrogens with zero attached hydrogens (tertiary/aromatic N) is 1. The molecule has 1 atom stereocenters. The first-order chi connectivity index (χ1) is 10.9. The molecule has 5 nitrogen and oxygen atoms in total. The van der Waals surface area contributed by atoms with E-state index in [0.717, 1.165) is 12.0 Å². The minimum atomic E-state index is -2.88. The van der Waals surface area contributed by atoms with E-state index < -0.39 is 9.84 Å². The number of carbonyl (C=O) groups is 1. The fraction of sp³-hybridized carbons (Fsp3) is 0.562. The van der Waals surface area contributed by atoms with Crippen LogP contribution in [0, 0.1) is 0 Å². The van der Waals surface area contributed by atoms with Gasteiger partial charge in [0.05, 0.1) is 11.5 Å². The molecule has 0 unspecified atom stereocenters. The van der Waals surface area contributed by atoms with Gasteiger partial charge in [-0.1, -0.05) is 23.7 Å². The van der Waals surface area contributed by atoms with Crippen molar-refractivity contribution in [2.75, 3.05) is 31.6 Å². The van der Waals surface area contributed by atoms with Crippen LogP contribution in [-0.2, 0) is 21.1 Å². The van der Waals surface area contributed by atoms with Gasteiger partial charge in [-0.15, -0.1) is 0 Å². The van der Waals surface area contributed by atoms with Gasteiger partial charge in [0.1, 0.15) is 0 Å². The van der Waals surface area contributed by atoms with Crippen molar-refractivity contribution in [2.24, 2.45) is 0 Å². The van der Waals surface area contributed by atoms with E-state index >= 15 is 0 Å². The lowest BCUT2D eigenvalue weighted by molar-refractivity contribution is -0.121. The maximum Gasteiger partial charge on any atom is 0.221 e. The van der Waals surface area contributed by atoms with Crippen molar-refractivity contribution >= 4 is 27.3 Å². The number of sulfone groups is 1. The van der Waals surface area contributed by atoms with Crippen molar-refractivity contribution in [3.8, 4) is 0 Å². The number of nitrogens with one attached hydrogen (secondary N) is 1. The average Bonchev–Trinajstić information content (AvgIpc) is 2.85. The van der Waals surface area contributed by atoms with Crippen LogP contribution < -0.4 is 5.32 Å². The third kappa shape index (κ3) is 6.12. The van der Waals surface area contributed by atoms with Gasteiger partial charge in [0.2, 0.25) is 5.91 Å². The topological polar surface area (TPSA) is 66.5 Å². The quantitative estimate of drug-likeness (QED) is 0.802. The largest absolute Gasteiger partial charge is 0.356 e. The Kier molecular flexibility index (Phi) is 6.44. The van der Waals surface area contributed by atoms with E-state index in [1.807, 2.05) is 36.2 Å².